The molecule has 0 bridgehead atoms. The van der Waals surface area contributed by atoms with Crippen molar-refractivity contribution in [3.05, 3.63) is 28.8 Å². The smallest absolute Gasteiger partial charge is 0.0637 e. The number of methoxy groups -OCH3 is 1. The lowest BCUT2D eigenvalue weighted by molar-refractivity contribution is 0.204. The topological polar surface area (TPSA) is 38.5 Å². The van der Waals surface area contributed by atoms with E-state index >= 15 is 0 Å². The van der Waals surface area contributed by atoms with E-state index in [1.54, 1.807) is 7.11 Å². The van der Waals surface area contributed by atoms with Crippen LogP contribution in [0.15, 0.2) is 18.2 Å². The molecule has 0 amide bonds. The van der Waals surface area contributed by atoms with Gasteiger partial charge in [0.25, 0.3) is 0 Å². The second-order valence-electron chi connectivity index (χ2n) is 4.77. The number of hydrogen-bond donors (Lipinski definition) is 1. The summed E-state index contributed by atoms with van der Waals surface area (Å²) in [6.07, 6.45) is 0. The average molecular weight is 271 g/mol. The van der Waals surface area contributed by atoms with E-state index in [0.717, 1.165) is 29.4 Å². The molecule has 0 fully saturated rings. The van der Waals surface area contributed by atoms with Crippen molar-refractivity contribution < 1.29 is 4.74 Å². The third-order valence-electron chi connectivity index (χ3n) is 2.79. The number of ether oxygens (including phenoxy) is 1. The van der Waals surface area contributed by atoms with Gasteiger partial charge in [0.2, 0.25) is 0 Å². The number of nitrogens with two attached hydrogens (primary N) is 1. The Kier molecular flexibility index (Phi) is 6.47. The molecule has 0 aliphatic carbocycles. The molecule has 1 rings (SSSR count). The van der Waals surface area contributed by atoms with Gasteiger partial charge in [0.15, 0.2) is 0 Å². The fourth-order valence-electron chi connectivity index (χ4n) is 2.00. The largest absolute Gasteiger partial charge is 0.383 e. The maximum atomic E-state index is 6.21. The van der Waals surface area contributed by atoms with E-state index in [1.807, 2.05) is 12.1 Å². The molecule has 3 nitrogen and oxygen atoms in total. The minimum Gasteiger partial charge on any atom is -0.383 e. The molecule has 0 atom stereocenters. The van der Waals surface area contributed by atoms with Gasteiger partial charge in [-0.1, -0.05) is 31.5 Å². The quantitative estimate of drug-likeness (QED) is 0.828. The van der Waals surface area contributed by atoms with Gasteiger partial charge in [0.1, 0.15) is 0 Å². The number of nitrogens with zero attached hydrogens (tertiary/aromatic N) is 1. The lowest BCUT2D eigenvalue weighted by Gasteiger charge is -2.28. The summed E-state index contributed by atoms with van der Waals surface area (Å²) in [6.45, 7) is 7.37. The van der Waals surface area contributed by atoms with Crippen LogP contribution in [0.5, 0.6) is 0 Å². The van der Waals surface area contributed by atoms with E-state index < -0.39 is 0 Å². The fraction of sp³-hybridized carbons (Fsp3) is 0.571. The first-order valence-corrected chi connectivity index (χ1v) is 6.69. The molecule has 102 valence electrons. The molecule has 0 radical (unpaired) electrons. The van der Waals surface area contributed by atoms with Crippen LogP contribution in [0.4, 0.5) is 5.69 Å². The lowest BCUT2D eigenvalue weighted by Crippen LogP contribution is -2.32. The van der Waals surface area contributed by atoms with Gasteiger partial charge < -0.3 is 15.4 Å². The zero-order valence-corrected chi connectivity index (χ0v) is 12.2. The Labute approximate surface area is 115 Å². The zero-order chi connectivity index (χ0) is 13.5. The normalized spacial score (nSPS) is 11.0. The van der Waals surface area contributed by atoms with Crippen LogP contribution in [0, 0.1) is 5.92 Å². The Balaban J connectivity index is 2.99. The molecule has 4 heteroatoms. The van der Waals surface area contributed by atoms with Gasteiger partial charge in [-0.3, -0.25) is 0 Å². The molecule has 1 aromatic carbocycles. The molecule has 0 unspecified atom stereocenters. The summed E-state index contributed by atoms with van der Waals surface area (Å²) in [6, 6.07) is 5.93. The van der Waals surface area contributed by atoms with Crippen molar-refractivity contribution in [2.45, 2.75) is 20.4 Å². The van der Waals surface area contributed by atoms with Crippen molar-refractivity contribution in [3.63, 3.8) is 0 Å². The molecule has 18 heavy (non-hydrogen) atoms. The Morgan fingerprint density at radius 2 is 2.11 bits per heavy atom. The van der Waals surface area contributed by atoms with Crippen LogP contribution in [-0.4, -0.2) is 26.8 Å². The van der Waals surface area contributed by atoms with E-state index in [-0.39, 0.29) is 0 Å². The van der Waals surface area contributed by atoms with Crippen molar-refractivity contribution in [3.8, 4) is 0 Å². The van der Waals surface area contributed by atoms with E-state index in [2.05, 4.69) is 24.8 Å². The molecular formula is C14H23ClN2O. The van der Waals surface area contributed by atoms with Crippen LogP contribution < -0.4 is 10.6 Å². The molecule has 2 N–H and O–H groups in total. The molecule has 0 saturated carbocycles. The maximum Gasteiger partial charge on any atom is 0.0637 e. The predicted molar refractivity (Wildman–Crippen MR) is 78.3 cm³/mol. The summed E-state index contributed by atoms with van der Waals surface area (Å²) in [7, 11) is 1.72. The van der Waals surface area contributed by atoms with Crippen molar-refractivity contribution in [2.24, 2.45) is 11.7 Å². The predicted octanol–water partition coefficient (Wildman–Crippen LogP) is 2.91. The molecule has 0 heterocycles. The molecule has 1 aromatic rings. The van der Waals surface area contributed by atoms with Crippen LogP contribution in [0.1, 0.15) is 19.4 Å². The summed E-state index contributed by atoms with van der Waals surface area (Å²) in [4.78, 5) is 2.29. The number of anilines is 1. The van der Waals surface area contributed by atoms with Crippen molar-refractivity contribution in [1.82, 2.24) is 0 Å². The minimum absolute atomic E-state index is 0.455. The van der Waals surface area contributed by atoms with E-state index in [0.29, 0.717) is 19.1 Å². The summed E-state index contributed by atoms with van der Waals surface area (Å²) >= 11 is 6.21. The first-order chi connectivity index (χ1) is 8.60. The Bertz CT molecular complexity index is 369. The van der Waals surface area contributed by atoms with E-state index in [4.69, 9.17) is 22.1 Å². The van der Waals surface area contributed by atoms with Gasteiger partial charge in [0, 0.05) is 43.0 Å². The Morgan fingerprint density at radius 3 is 2.67 bits per heavy atom. The zero-order valence-electron chi connectivity index (χ0n) is 11.4. The first kappa shape index (κ1) is 15.3. The van der Waals surface area contributed by atoms with Crippen LogP contribution in [0.25, 0.3) is 0 Å². The van der Waals surface area contributed by atoms with Crippen molar-refractivity contribution >= 4 is 17.3 Å². The minimum atomic E-state index is 0.455. The first-order valence-electron chi connectivity index (χ1n) is 6.31. The second-order valence-corrected chi connectivity index (χ2v) is 5.18. The highest BCUT2D eigenvalue weighted by molar-refractivity contribution is 6.31. The maximum absolute atomic E-state index is 6.21. The summed E-state index contributed by atoms with van der Waals surface area (Å²) in [5.41, 5.74) is 7.94. The van der Waals surface area contributed by atoms with Crippen molar-refractivity contribution in [1.29, 1.82) is 0 Å². The van der Waals surface area contributed by atoms with Crippen LogP contribution in [0.2, 0.25) is 5.02 Å². The van der Waals surface area contributed by atoms with Gasteiger partial charge in [0.05, 0.1) is 6.61 Å². The van der Waals surface area contributed by atoms with E-state index in [9.17, 15) is 0 Å². The molecule has 0 spiro atoms. The highest BCUT2D eigenvalue weighted by atomic mass is 35.5. The standard InChI is InChI=1S/C14H23ClN2O/c1-11(2)10-17(7-8-18-3)14-6-4-5-13(15)12(14)9-16/h4-6,11H,7-10,16H2,1-3H3. The number of benzene rings is 1. The van der Waals surface area contributed by atoms with Gasteiger partial charge in [-0.15, -0.1) is 0 Å². The molecule has 0 aliphatic rings. The number of rotatable bonds is 7. The molecule has 0 saturated heterocycles. The van der Waals surface area contributed by atoms with Gasteiger partial charge in [-0.05, 0) is 18.1 Å². The third kappa shape index (κ3) is 4.16. The highest BCUT2D eigenvalue weighted by Gasteiger charge is 2.13. The van der Waals surface area contributed by atoms with Gasteiger partial charge >= 0.3 is 0 Å². The van der Waals surface area contributed by atoms with E-state index in [1.165, 1.54) is 0 Å². The van der Waals surface area contributed by atoms with Crippen LogP contribution in [-0.2, 0) is 11.3 Å². The highest BCUT2D eigenvalue weighted by Crippen LogP contribution is 2.27. The lowest BCUT2D eigenvalue weighted by atomic mass is 10.1. The average Bonchev–Trinajstić information content (AvgIpc) is 2.33. The summed E-state index contributed by atoms with van der Waals surface area (Å²) in [5.74, 6) is 0.575. The monoisotopic (exact) mass is 270 g/mol. The second kappa shape index (κ2) is 7.62. The number of halogens is 1. The van der Waals surface area contributed by atoms with Gasteiger partial charge in [-0.2, -0.15) is 0 Å². The SMILES string of the molecule is COCCN(CC(C)C)c1cccc(Cl)c1CN. The Hall–Kier alpha value is -0.770. The molecular weight excluding hydrogens is 248 g/mol. The summed E-state index contributed by atoms with van der Waals surface area (Å²) in [5, 5.41) is 0.737. The number of hydrogen-bond acceptors (Lipinski definition) is 3. The molecule has 0 aromatic heterocycles. The van der Waals surface area contributed by atoms with Gasteiger partial charge in [-0.25, -0.2) is 0 Å². The van der Waals surface area contributed by atoms with Crippen LogP contribution in [0.3, 0.4) is 0 Å². The third-order valence-corrected chi connectivity index (χ3v) is 3.14. The Morgan fingerprint density at radius 1 is 1.39 bits per heavy atom. The summed E-state index contributed by atoms with van der Waals surface area (Å²) < 4.78 is 5.17. The van der Waals surface area contributed by atoms with Crippen molar-refractivity contribution in [2.75, 3.05) is 31.7 Å². The fourth-order valence-corrected chi connectivity index (χ4v) is 2.24. The molecule has 0 aliphatic heterocycles. The van der Waals surface area contributed by atoms with Crippen LogP contribution >= 0.6 is 11.6 Å².